The first kappa shape index (κ1) is 15.7. The summed E-state index contributed by atoms with van der Waals surface area (Å²) in [4.78, 5) is 34.6. The Hall–Kier alpha value is -2.37. The van der Waals surface area contributed by atoms with E-state index in [4.69, 9.17) is 5.11 Å². The van der Waals surface area contributed by atoms with E-state index in [1.165, 1.54) is 20.8 Å². The van der Waals surface area contributed by atoms with Crippen molar-refractivity contribution in [1.29, 1.82) is 0 Å². The van der Waals surface area contributed by atoms with Crippen molar-refractivity contribution in [1.82, 2.24) is 10.6 Å². The van der Waals surface area contributed by atoms with Gasteiger partial charge in [-0.05, 0) is 32.9 Å². The van der Waals surface area contributed by atoms with Gasteiger partial charge in [0.05, 0.1) is 0 Å². The second-order valence-electron chi connectivity index (χ2n) is 4.98. The molecule has 20 heavy (non-hydrogen) atoms. The van der Waals surface area contributed by atoms with Crippen LogP contribution in [0.1, 0.15) is 31.1 Å². The van der Waals surface area contributed by atoms with Gasteiger partial charge in [-0.15, -0.1) is 0 Å². The van der Waals surface area contributed by atoms with Crippen LogP contribution in [0.5, 0.6) is 0 Å². The van der Waals surface area contributed by atoms with Gasteiger partial charge >= 0.3 is 5.97 Å². The fraction of sp³-hybridized carbons (Fsp3) is 0.357. The van der Waals surface area contributed by atoms with E-state index in [2.05, 4.69) is 10.6 Å². The van der Waals surface area contributed by atoms with Crippen LogP contribution < -0.4 is 10.6 Å². The second kappa shape index (κ2) is 6.18. The molecular weight excluding hydrogens is 260 g/mol. The zero-order chi connectivity index (χ0) is 15.3. The van der Waals surface area contributed by atoms with Crippen LogP contribution in [0.2, 0.25) is 0 Å². The molecule has 0 aromatic heterocycles. The van der Waals surface area contributed by atoms with Crippen molar-refractivity contribution in [2.45, 2.75) is 32.4 Å². The quantitative estimate of drug-likeness (QED) is 0.741. The predicted octanol–water partition coefficient (Wildman–Crippen LogP) is 0.784. The van der Waals surface area contributed by atoms with E-state index in [-0.39, 0.29) is 5.91 Å². The van der Waals surface area contributed by atoms with Gasteiger partial charge in [0.15, 0.2) is 0 Å². The molecule has 1 atom stereocenters. The van der Waals surface area contributed by atoms with Gasteiger partial charge in [0, 0.05) is 5.56 Å². The summed E-state index contributed by atoms with van der Waals surface area (Å²) >= 11 is 0. The maximum Gasteiger partial charge on any atom is 0.328 e. The van der Waals surface area contributed by atoms with Crippen LogP contribution in [-0.4, -0.2) is 34.5 Å². The summed E-state index contributed by atoms with van der Waals surface area (Å²) in [5.74, 6) is -2.09. The van der Waals surface area contributed by atoms with Crippen molar-refractivity contribution in [3.8, 4) is 0 Å². The number of rotatable bonds is 5. The molecule has 0 radical (unpaired) electrons. The van der Waals surface area contributed by atoms with E-state index in [0.29, 0.717) is 5.56 Å². The lowest BCUT2D eigenvalue weighted by molar-refractivity contribution is -0.146. The third kappa shape index (κ3) is 4.08. The first-order valence-corrected chi connectivity index (χ1v) is 6.15. The van der Waals surface area contributed by atoms with Crippen LogP contribution in [0.3, 0.4) is 0 Å². The molecule has 0 fully saturated rings. The average molecular weight is 278 g/mol. The molecule has 0 aliphatic heterocycles. The maximum atomic E-state index is 11.9. The summed E-state index contributed by atoms with van der Waals surface area (Å²) in [5.41, 5.74) is -0.951. The zero-order valence-electron chi connectivity index (χ0n) is 11.6. The van der Waals surface area contributed by atoms with Crippen molar-refractivity contribution >= 4 is 17.8 Å². The Kier molecular flexibility index (Phi) is 4.85. The topological polar surface area (TPSA) is 95.5 Å². The number of carbonyl (C=O) groups excluding carboxylic acids is 2. The molecule has 6 heteroatoms. The van der Waals surface area contributed by atoms with Gasteiger partial charge in [-0.2, -0.15) is 0 Å². The summed E-state index contributed by atoms with van der Waals surface area (Å²) in [6.45, 7) is 4.24. The van der Waals surface area contributed by atoms with Crippen LogP contribution in [0.4, 0.5) is 0 Å². The molecule has 0 spiro atoms. The monoisotopic (exact) mass is 278 g/mol. The fourth-order valence-electron chi connectivity index (χ4n) is 1.40. The molecule has 0 heterocycles. The molecule has 0 aliphatic carbocycles. The number of amides is 2. The van der Waals surface area contributed by atoms with Crippen molar-refractivity contribution < 1.29 is 19.5 Å². The molecule has 2 amide bonds. The van der Waals surface area contributed by atoms with Crippen LogP contribution in [-0.2, 0) is 9.59 Å². The Balaban J connectivity index is 2.63. The number of hydrogen-bond donors (Lipinski definition) is 3. The summed E-state index contributed by atoms with van der Waals surface area (Å²) in [6, 6.07) is 7.63. The minimum absolute atomic E-state index is 0.388. The lowest BCUT2D eigenvalue weighted by Gasteiger charge is -2.23. The second-order valence-corrected chi connectivity index (χ2v) is 4.98. The Morgan fingerprint density at radius 1 is 1.15 bits per heavy atom. The van der Waals surface area contributed by atoms with Gasteiger partial charge in [0.25, 0.3) is 5.91 Å². The molecule has 108 valence electrons. The molecule has 0 saturated carbocycles. The standard InChI is InChI=1S/C14H18N2O4/c1-9(11(17)16-14(2,3)13(19)20)15-12(18)10-7-5-4-6-8-10/h4-9H,1-3H3,(H,15,18)(H,16,17)(H,19,20). The number of carboxylic acids is 1. The van der Waals surface area contributed by atoms with Crippen molar-refractivity contribution in [2.75, 3.05) is 0 Å². The van der Waals surface area contributed by atoms with Gasteiger partial charge in [-0.1, -0.05) is 18.2 Å². The highest BCUT2D eigenvalue weighted by molar-refractivity contribution is 5.98. The number of hydrogen-bond acceptors (Lipinski definition) is 3. The third-order valence-electron chi connectivity index (χ3n) is 2.75. The molecule has 1 aromatic rings. The maximum absolute atomic E-state index is 11.9. The normalized spacial score (nSPS) is 12.3. The number of nitrogens with one attached hydrogen (secondary N) is 2. The zero-order valence-corrected chi connectivity index (χ0v) is 11.6. The van der Waals surface area contributed by atoms with Gasteiger partial charge in [-0.3, -0.25) is 9.59 Å². The fourth-order valence-corrected chi connectivity index (χ4v) is 1.40. The van der Waals surface area contributed by atoms with Gasteiger partial charge < -0.3 is 15.7 Å². The summed E-state index contributed by atoms with van der Waals surface area (Å²) in [5, 5.41) is 13.8. The first-order valence-electron chi connectivity index (χ1n) is 6.15. The first-order chi connectivity index (χ1) is 9.24. The predicted molar refractivity (Wildman–Crippen MR) is 73.2 cm³/mol. The van der Waals surface area contributed by atoms with Crippen LogP contribution in [0.25, 0.3) is 0 Å². The Morgan fingerprint density at radius 3 is 2.20 bits per heavy atom. The summed E-state index contributed by atoms with van der Waals surface area (Å²) < 4.78 is 0. The van der Waals surface area contributed by atoms with Gasteiger partial charge in [0.2, 0.25) is 5.91 Å². The highest BCUT2D eigenvalue weighted by atomic mass is 16.4. The SMILES string of the molecule is CC(NC(=O)c1ccccc1)C(=O)NC(C)(C)C(=O)O. The van der Waals surface area contributed by atoms with Gasteiger partial charge in [0.1, 0.15) is 11.6 Å². The minimum atomic E-state index is -1.39. The van der Waals surface area contributed by atoms with E-state index in [9.17, 15) is 14.4 Å². The molecule has 0 bridgehead atoms. The van der Waals surface area contributed by atoms with Crippen LogP contribution in [0.15, 0.2) is 30.3 Å². The number of aliphatic carboxylic acids is 1. The molecule has 1 aromatic carbocycles. The highest BCUT2D eigenvalue weighted by Crippen LogP contribution is 2.03. The minimum Gasteiger partial charge on any atom is -0.480 e. The van der Waals surface area contributed by atoms with Crippen LogP contribution in [0, 0.1) is 0 Å². The van der Waals surface area contributed by atoms with E-state index in [1.54, 1.807) is 30.3 Å². The van der Waals surface area contributed by atoms with Crippen molar-refractivity contribution in [3.05, 3.63) is 35.9 Å². The molecular formula is C14H18N2O4. The Bertz CT molecular complexity index is 511. The molecule has 6 nitrogen and oxygen atoms in total. The average Bonchev–Trinajstić information content (AvgIpc) is 2.38. The van der Waals surface area contributed by atoms with Crippen molar-refractivity contribution in [2.24, 2.45) is 0 Å². The third-order valence-corrected chi connectivity index (χ3v) is 2.75. The van der Waals surface area contributed by atoms with Crippen molar-refractivity contribution in [3.63, 3.8) is 0 Å². The highest BCUT2D eigenvalue weighted by Gasteiger charge is 2.31. The Labute approximate surface area is 117 Å². The summed E-state index contributed by atoms with van der Waals surface area (Å²) in [7, 11) is 0. The van der Waals surface area contributed by atoms with E-state index in [1.807, 2.05) is 0 Å². The molecule has 1 unspecified atom stereocenters. The lowest BCUT2D eigenvalue weighted by atomic mass is 10.1. The molecule has 0 aliphatic rings. The molecule has 3 N–H and O–H groups in total. The van der Waals surface area contributed by atoms with Gasteiger partial charge in [-0.25, -0.2) is 4.79 Å². The Morgan fingerprint density at radius 2 is 1.70 bits per heavy atom. The van der Waals surface area contributed by atoms with E-state index in [0.717, 1.165) is 0 Å². The smallest absolute Gasteiger partial charge is 0.328 e. The number of carbonyl (C=O) groups is 3. The number of carboxylic acid groups (broad SMARTS) is 1. The lowest BCUT2D eigenvalue weighted by Crippen LogP contribution is -2.55. The van der Waals surface area contributed by atoms with E-state index < -0.39 is 23.5 Å². The van der Waals surface area contributed by atoms with Crippen LogP contribution >= 0.6 is 0 Å². The molecule has 0 saturated heterocycles. The number of benzene rings is 1. The molecule has 1 rings (SSSR count). The largest absolute Gasteiger partial charge is 0.480 e. The van der Waals surface area contributed by atoms with E-state index >= 15 is 0 Å². The summed E-state index contributed by atoms with van der Waals surface area (Å²) in [6.07, 6.45) is 0.